The van der Waals surface area contributed by atoms with Crippen LogP contribution in [0.15, 0.2) is 48.1 Å². The van der Waals surface area contributed by atoms with Gasteiger partial charge in [0.25, 0.3) is 0 Å². The predicted molar refractivity (Wildman–Crippen MR) is 226 cm³/mol. The number of ketones is 1. The quantitative estimate of drug-likeness (QED) is 0.115. The van der Waals surface area contributed by atoms with Crippen LogP contribution in [0.4, 0.5) is 0 Å². The van der Waals surface area contributed by atoms with Crippen LogP contribution in [0.2, 0.25) is 0 Å². The van der Waals surface area contributed by atoms with Crippen molar-refractivity contribution in [3.63, 3.8) is 0 Å². The van der Waals surface area contributed by atoms with Crippen LogP contribution in [0.5, 0.6) is 0 Å². The SMILES string of the molecule is C=C(C)C1C(=O)c2c3c(cc4c5c(n1c24)C1(C)C(CCC2C(C)(/C=C/C=C(\C)C(=O)NC(CO)CCCC)C(O)CCC21C)C5)C1=CC(C)(C)OC(C)(C)C1C3O. The van der Waals surface area contributed by atoms with Crippen molar-refractivity contribution in [2.24, 2.45) is 28.6 Å². The van der Waals surface area contributed by atoms with Crippen LogP contribution >= 0.6 is 0 Å². The minimum atomic E-state index is -0.865. The third-order valence-electron chi connectivity index (χ3n) is 16.2. The van der Waals surface area contributed by atoms with E-state index in [0.717, 1.165) is 78.1 Å². The summed E-state index contributed by atoms with van der Waals surface area (Å²) in [7, 11) is 0. The molecule has 1 aromatic heterocycles. The molecule has 1 amide bonds. The van der Waals surface area contributed by atoms with E-state index in [0.29, 0.717) is 23.5 Å². The molecule has 0 radical (unpaired) electrons. The summed E-state index contributed by atoms with van der Waals surface area (Å²) in [6, 6.07) is 1.49. The van der Waals surface area contributed by atoms with Crippen LogP contribution in [-0.4, -0.2) is 61.5 Å². The highest BCUT2D eigenvalue weighted by molar-refractivity contribution is 6.18. The van der Waals surface area contributed by atoms with Crippen LogP contribution < -0.4 is 5.32 Å². The van der Waals surface area contributed by atoms with Crippen molar-refractivity contribution in [1.82, 2.24) is 9.88 Å². The minimum absolute atomic E-state index is 0.0247. The smallest absolute Gasteiger partial charge is 0.247 e. The zero-order valence-electron chi connectivity index (χ0n) is 36.0. The highest BCUT2D eigenvalue weighted by atomic mass is 16.5. The van der Waals surface area contributed by atoms with Crippen molar-refractivity contribution in [3.05, 3.63) is 76.0 Å². The van der Waals surface area contributed by atoms with Gasteiger partial charge in [-0.3, -0.25) is 9.59 Å². The summed E-state index contributed by atoms with van der Waals surface area (Å²) in [6.45, 7) is 25.5. The molecular weight excluding hydrogens is 713 g/mol. The van der Waals surface area contributed by atoms with Crippen LogP contribution in [0.1, 0.15) is 159 Å². The lowest BCUT2D eigenvalue weighted by Gasteiger charge is -2.64. The number of allylic oxidation sites excluding steroid dienone is 3. The van der Waals surface area contributed by atoms with E-state index in [1.807, 2.05) is 19.1 Å². The van der Waals surface area contributed by atoms with Crippen LogP contribution in [0, 0.1) is 28.6 Å². The number of amides is 1. The number of carbonyl (C=O) groups is 2. The predicted octanol–water partition coefficient (Wildman–Crippen LogP) is 8.77. The van der Waals surface area contributed by atoms with Gasteiger partial charge in [0.2, 0.25) is 5.91 Å². The number of unbranched alkanes of at least 4 members (excludes halogenated alkanes) is 1. The van der Waals surface area contributed by atoms with Crippen molar-refractivity contribution in [1.29, 1.82) is 0 Å². The zero-order valence-corrected chi connectivity index (χ0v) is 36.0. The summed E-state index contributed by atoms with van der Waals surface area (Å²) >= 11 is 0. The summed E-state index contributed by atoms with van der Waals surface area (Å²) in [5.41, 5.74) is 6.16. The topological polar surface area (TPSA) is 121 Å². The Bertz CT molecular complexity index is 2170. The second-order valence-electron chi connectivity index (χ2n) is 20.5. The second-order valence-corrected chi connectivity index (χ2v) is 20.5. The zero-order chi connectivity index (χ0) is 41.4. The molecular formula is C49H66N2O6. The van der Waals surface area contributed by atoms with Gasteiger partial charge in [0.1, 0.15) is 6.04 Å². The van der Waals surface area contributed by atoms with Gasteiger partial charge in [0.15, 0.2) is 5.78 Å². The number of carbonyl (C=O) groups excluding carboxylic acids is 2. The molecule has 0 bridgehead atoms. The molecule has 4 N–H and O–H groups in total. The minimum Gasteiger partial charge on any atom is -0.394 e. The Morgan fingerprint density at radius 2 is 1.82 bits per heavy atom. The fourth-order valence-electron chi connectivity index (χ4n) is 13.5. The van der Waals surface area contributed by atoms with Crippen molar-refractivity contribution < 1.29 is 29.6 Å². The molecule has 8 heteroatoms. The Balaban J connectivity index is 1.23. The number of aliphatic hydroxyl groups is 3. The Morgan fingerprint density at radius 3 is 2.49 bits per heavy atom. The van der Waals surface area contributed by atoms with E-state index in [1.165, 1.54) is 11.3 Å². The number of fused-ring (bicyclic) bond motifs is 11. The Kier molecular flexibility index (Phi) is 9.48. The number of nitrogens with one attached hydrogen (secondary N) is 1. The monoisotopic (exact) mass is 778 g/mol. The molecule has 308 valence electrons. The van der Waals surface area contributed by atoms with E-state index in [4.69, 9.17) is 4.74 Å². The molecule has 0 spiro atoms. The van der Waals surface area contributed by atoms with Gasteiger partial charge >= 0.3 is 0 Å². The van der Waals surface area contributed by atoms with E-state index >= 15 is 0 Å². The second kappa shape index (κ2) is 13.4. The first kappa shape index (κ1) is 40.5. The van der Waals surface area contributed by atoms with Crippen molar-refractivity contribution in [3.8, 4) is 0 Å². The van der Waals surface area contributed by atoms with Crippen molar-refractivity contribution >= 4 is 28.2 Å². The Labute approximate surface area is 339 Å². The van der Waals surface area contributed by atoms with Gasteiger partial charge in [-0.05, 0) is 126 Å². The number of aromatic nitrogens is 1. The molecule has 0 saturated heterocycles. The van der Waals surface area contributed by atoms with Gasteiger partial charge < -0.3 is 29.9 Å². The van der Waals surface area contributed by atoms with Gasteiger partial charge in [0, 0.05) is 39.0 Å². The molecule has 2 saturated carbocycles. The first-order chi connectivity index (χ1) is 26.7. The molecule has 6 aliphatic rings. The van der Waals surface area contributed by atoms with E-state index < -0.39 is 34.9 Å². The summed E-state index contributed by atoms with van der Waals surface area (Å²) in [5, 5.41) is 38.1. The maximum Gasteiger partial charge on any atom is 0.247 e. The first-order valence-electron chi connectivity index (χ1n) is 21.7. The summed E-state index contributed by atoms with van der Waals surface area (Å²) in [4.78, 5) is 28.0. The molecule has 10 unspecified atom stereocenters. The largest absolute Gasteiger partial charge is 0.394 e. The van der Waals surface area contributed by atoms with Gasteiger partial charge in [-0.15, -0.1) is 0 Å². The molecule has 2 fully saturated rings. The molecule has 1 aromatic carbocycles. The van der Waals surface area contributed by atoms with E-state index in [9.17, 15) is 24.9 Å². The number of benzene rings is 1. The maximum atomic E-state index is 15.0. The van der Waals surface area contributed by atoms with Crippen LogP contribution in [0.25, 0.3) is 16.5 Å². The molecule has 3 heterocycles. The number of hydrogen-bond acceptors (Lipinski definition) is 6. The third-order valence-corrected chi connectivity index (χ3v) is 16.2. The number of aliphatic hydroxyl groups excluding tert-OH is 3. The molecule has 8 nitrogen and oxygen atoms in total. The Hall–Kier alpha value is -3.30. The third kappa shape index (κ3) is 5.52. The van der Waals surface area contributed by atoms with Gasteiger partial charge in [-0.2, -0.15) is 0 Å². The molecule has 8 rings (SSSR count). The lowest BCUT2D eigenvalue weighted by molar-refractivity contribution is -0.144. The molecule has 2 aromatic rings. The van der Waals surface area contributed by atoms with Gasteiger partial charge in [-0.1, -0.05) is 70.9 Å². The fourth-order valence-corrected chi connectivity index (χ4v) is 13.5. The van der Waals surface area contributed by atoms with Gasteiger partial charge in [0.05, 0.1) is 47.1 Å². The van der Waals surface area contributed by atoms with E-state index in [-0.39, 0.29) is 47.0 Å². The molecule has 2 aliphatic heterocycles. The number of hydrogen-bond donors (Lipinski definition) is 4. The highest BCUT2D eigenvalue weighted by Crippen LogP contribution is 2.71. The number of nitrogens with zero attached hydrogens (tertiary/aromatic N) is 1. The van der Waals surface area contributed by atoms with E-state index in [1.54, 1.807) is 6.92 Å². The summed E-state index contributed by atoms with van der Waals surface area (Å²) in [5.74, 6) is 0.0701. The standard InChI is InChI=1S/C49H66N2O6/c1-12-13-16-29(25-52)50-44(56)27(4)15-14-20-47(9)34-18-17-28-22-32-31-23-30-33-24-45(5,6)57-46(7,8)38(33)41(54)36(30)37-40(31)51(39(26(2)3)42(37)55)43(32)49(28,11)48(34,10)21-19-35(47)53/h14-15,20,23-24,28-29,34-35,38-39,41,52-54H,2,12-13,16-19,21-22,25H2,1,3-11H3,(H,50,56)/b20-14+,27-15+. The molecule has 4 aliphatic carbocycles. The number of rotatable bonds is 9. The lowest BCUT2D eigenvalue weighted by Crippen LogP contribution is -2.62. The normalized spacial score (nSPS) is 36.4. The van der Waals surface area contributed by atoms with Crippen molar-refractivity contribution in [2.75, 3.05) is 6.61 Å². The van der Waals surface area contributed by atoms with Crippen molar-refractivity contribution in [2.45, 2.75) is 162 Å². The number of ether oxygens (including phenoxy) is 1. The Morgan fingerprint density at radius 1 is 1.11 bits per heavy atom. The summed E-state index contributed by atoms with van der Waals surface area (Å²) in [6.07, 6.45) is 13.8. The lowest BCUT2D eigenvalue weighted by atomic mass is 9.40. The molecule has 57 heavy (non-hydrogen) atoms. The average molecular weight is 779 g/mol. The van der Waals surface area contributed by atoms with Crippen LogP contribution in [-0.2, 0) is 21.4 Å². The highest BCUT2D eigenvalue weighted by Gasteiger charge is 2.67. The fraction of sp³-hybridized carbons (Fsp3) is 0.633. The number of Topliss-reactive ketones (excluding diaryl/α,β-unsaturated/α-hetero) is 1. The molecule has 10 atom stereocenters. The van der Waals surface area contributed by atoms with Gasteiger partial charge in [-0.25, -0.2) is 0 Å². The maximum absolute atomic E-state index is 15.0. The average Bonchev–Trinajstić information content (AvgIpc) is 3.80. The first-order valence-corrected chi connectivity index (χ1v) is 21.7. The summed E-state index contributed by atoms with van der Waals surface area (Å²) < 4.78 is 8.91. The van der Waals surface area contributed by atoms with E-state index in [2.05, 4.69) is 90.1 Å². The van der Waals surface area contributed by atoms with Crippen LogP contribution in [0.3, 0.4) is 0 Å².